The van der Waals surface area contributed by atoms with E-state index in [4.69, 9.17) is 4.74 Å². The van der Waals surface area contributed by atoms with E-state index in [1.54, 1.807) is 19.1 Å². The summed E-state index contributed by atoms with van der Waals surface area (Å²) < 4.78 is 33.4. The Morgan fingerprint density at radius 2 is 1.92 bits per heavy atom. The zero-order valence-corrected chi connectivity index (χ0v) is 13.6. The van der Waals surface area contributed by atoms with Crippen molar-refractivity contribution in [2.75, 3.05) is 6.61 Å². The van der Waals surface area contributed by atoms with Gasteiger partial charge in [-0.05, 0) is 42.3 Å². The molecule has 0 spiro atoms. The Bertz CT molecular complexity index is 918. The molecule has 0 bridgehead atoms. The summed E-state index contributed by atoms with van der Waals surface area (Å²) in [5.41, 5.74) is 1.09. The van der Waals surface area contributed by atoms with Gasteiger partial charge in [0.2, 0.25) is 0 Å². The van der Waals surface area contributed by atoms with Gasteiger partial charge in [0, 0.05) is 15.0 Å². The van der Waals surface area contributed by atoms with E-state index >= 15 is 0 Å². The summed E-state index contributed by atoms with van der Waals surface area (Å²) in [4.78, 5) is 12.5. The third kappa shape index (κ3) is 2.90. The van der Waals surface area contributed by atoms with E-state index in [1.165, 1.54) is 35.6 Å². The predicted molar refractivity (Wildman–Crippen MR) is 89.1 cm³/mol. The average Bonchev–Trinajstić information content (AvgIpc) is 3.01. The number of hydrogen-bond acceptors (Lipinski definition) is 4. The highest BCUT2D eigenvalue weighted by molar-refractivity contribution is 7.19. The van der Waals surface area contributed by atoms with Crippen LogP contribution in [-0.2, 0) is 11.3 Å². The van der Waals surface area contributed by atoms with Crippen molar-refractivity contribution in [1.29, 1.82) is 0 Å². The van der Waals surface area contributed by atoms with Crippen LogP contribution in [0.1, 0.15) is 22.2 Å². The van der Waals surface area contributed by atoms with Crippen molar-refractivity contribution in [2.24, 2.45) is 0 Å². The summed E-state index contributed by atoms with van der Waals surface area (Å²) in [5, 5.41) is 9.67. The Morgan fingerprint density at radius 3 is 2.62 bits per heavy atom. The van der Waals surface area contributed by atoms with Gasteiger partial charge in [-0.25, -0.2) is 13.6 Å². The van der Waals surface area contributed by atoms with Crippen molar-refractivity contribution in [3.8, 4) is 11.1 Å². The maximum atomic E-state index is 14.0. The van der Waals surface area contributed by atoms with Crippen molar-refractivity contribution >= 4 is 27.4 Å². The molecule has 0 radical (unpaired) electrons. The number of rotatable bonds is 4. The summed E-state index contributed by atoms with van der Waals surface area (Å²) in [6.07, 6.45) is 0. The molecule has 0 aliphatic rings. The molecule has 0 unspecified atom stereocenters. The van der Waals surface area contributed by atoms with E-state index in [1.807, 2.05) is 0 Å². The van der Waals surface area contributed by atoms with Gasteiger partial charge < -0.3 is 9.84 Å². The zero-order chi connectivity index (χ0) is 17.3. The van der Waals surface area contributed by atoms with E-state index < -0.39 is 17.6 Å². The first kappa shape index (κ1) is 16.5. The molecule has 0 amide bonds. The Morgan fingerprint density at radius 1 is 1.17 bits per heavy atom. The third-order valence-electron chi connectivity index (χ3n) is 3.61. The second-order valence-electron chi connectivity index (χ2n) is 5.12. The average molecular weight is 348 g/mol. The van der Waals surface area contributed by atoms with Crippen molar-refractivity contribution < 1.29 is 23.4 Å². The number of carbonyl (C=O) groups excluding carboxylic acids is 1. The van der Waals surface area contributed by atoms with E-state index in [2.05, 4.69) is 0 Å². The van der Waals surface area contributed by atoms with Crippen LogP contribution in [-0.4, -0.2) is 17.7 Å². The maximum Gasteiger partial charge on any atom is 0.341 e. The predicted octanol–water partition coefficient (Wildman–Crippen LogP) is 4.52. The van der Waals surface area contributed by atoms with E-state index in [9.17, 15) is 18.7 Å². The number of esters is 1. The minimum atomic E-state index is -0.738. The maximum absolute atomic E-state index is 14.0. The van der Waals surface area contributed by atoms with Gasteiger partial charge in [-0.3, -0.25) is 0 Å². The minimum Gasteiger partial charge on any atom is -0.462 e. The molecule has 6 heteroatoms. The SMILES string of the molecule is CCOC(=O)c1cc(-c2ccc(F)c3cc(CO)sc23)ccc1F. The second kappa shape index (κ2) is 6.67. The smallest absolute Gasteiger partial charge is 0.341 e. The summed E-state index contributed by atoms with van der Waals surface area (Å²) in [6, 6.07) is 8.61. The number of halogens is 2. The lowest BCUT2D eigenvalue weighted by Gasteiger charge is -2.08. The van der Waals surface area contributed by atoms with Crippen LogP contribution in [0.5, 0.6) is 0 Å². The molecule has 1 heterocycles. The van der Waals surface area contributed by atoms with Crippen LogP contribution in [0.3, 0.4) is 0 Å². The lowest BCUT2D eigenvalue weighted by atomic mass is 10.0. The van der Waals surface area contributed by atoms with E-state index in [0.29, 0.717) is 26.1 Å². The van der Waals surface area contributed by atoms with Crippen molar-refractivity contribution in [2.45, 2.75) is 13.5 Å². The standard InChI is InChI=1S/C18H14F2O3S/c1-2-23-18(22)14-7-10(3-5-16(14)20)12-4-6-15(19)13-8-11(9-21)24-17(12)13/h3-8,21H,2,9H2,1H3. The highest BCUT2D eigenvalue weighted by Gasteiger charge is 2.17. The molecule has 0 saturated carbocycles. The molecule has 0 fully saturated rings. The first-order valence-corrected chi connectivity index (χ1v) is 8.15. The molecule has 24 heavy (non-hydrogen) atoms. The Kier molecular flexibility index (Phi) is 4.59. The van der Waals surface area contributed by atoms with Gasteiger partial charge in [0.05, 0.1) is 18.8 Å². The van der Waals surface area contributed by atoms with Gasteiger partial charge >= 0.3 is 5.97 Å². The number of aliphatic hydroxyl groups is 1. The highest BCUT2D eigenvalue weighted by Crippen LogP contribution is 2.37. The first-order valence-electron chi connectivity index (χ1n) is 7.34. The van der Waals surface area contributed by atoms with Crippen LogP contribution in [0, 0.1) is 11.6 Å². The fraction of sp³-hybridized carbons (Fsp3) is 0.167. The second-order valence-corrected chi connectivity index (χ2v) is 6.26. The third-order valence-corrected chi connectivity index (χ3v) is 4.76. The van der Waals surface area contributed by atoms with Gasteiger partial charge in [0.15, 0.2) is 0 Å². The van der Waals surface area contributed by atoms with Gasteiger partial charge in [-0.15, -0.1) is 11.3 Å². The minimum absolute atomic E-state index is 0.147. The van der Waals surface area contributed by atoms with E-state index in [-0.39, 0.29) is 18.8 Å². The number of benzene rings is 2. The van der Waals surface area contributed by atoms with Crippen LogP contribution < -0.4 is 0 Å². The molecule has 1 N–H and O–H groups in total. The highest BCUT2D eigenvalue weighted by atomic mass is 32.1. The summed E-state index contributed by atoms with van der Waals surface area (Å²) in [5.74, 6) is -1.80. The van der Waals surface area contributed by atoms with Gasteiger partial charge in [-0.1, -0.05) is 12.1 Å². The van der Waals surface area contributed by atoms with Crippen molar-refractivity contribution in [1.82, 2.24) is 0 Å². The topological polar surface area (TPSA) is 46.5 Å². The van der Waals surface area contributed by atoms with Crippen LogP contribution in [0.2, 0.25) is 0 Å². The number of ether oxygens (including phenoxy) is 1. The number of thiophene rings is 1. The molecule has 0 aliphatic heterocycles. The molecular formula is C18H14F2O3S. The first-order chi connectivity index (χ1) is 11.5. The van der Waals surface area contributed by atoms with E-state index in [0.717, 1.165) is 0 Å². The molecule has 3 nitrogen and oxygen atoms in total. The van der Waals surface area contributed by atoms with Gasteiger partial charge in [0.25, 0.3) is 0 Å². The molecule has 0 saturated heterocycles. The molecule has 124 valence electrons. The lowest BCUT2D eigenvalue weighted by molar-refractivity contribution is 0.0521. The lowest BCUT2D eigenvalue weighted by Crippen LogP contribution is -2.07. The van der Waals surface area contributed by atoms with Crippen LogP contribution >= 0.6 is 11.3 Å². The normalized spacial score (nSPS) is 11.0. The van der Waals surface area contributed by atoms with Crippen molar-refractivity contribution in [3.05, 3.63) is 58.5 Å². The quantitative estimate of drug-likeness (QED) is 0.706. The summed E-state index contributed by atoms with van der Waals surface area (Å²) in [6.45, 7) is 1.61. The van der Waals surface area contributed by atoms with Crippen LogP contribution in [0.25, 0.3) is 21.2 Å². The summed E-state index contributed by atoms with van der Waals surface area (Å²) in [7, 11) is 0. The number of carbonyl (C=O) groups is 1. The molecule has 0 atom stereocenters. The molecule has 0 aliphatic carbocycles. The fourth-order valence-electron chi connectivity index (χ4n) is 2.50. The molecular weight excluding hydrogens is 334 g/mol. The van der Waals surface area contributed by atoms with Gasteiger partial charge in [0.1, 0.15) is 11.6 Å². The fourth-order valence-corrected chi connectivity index (χ4v) is 3.57. The molecule has 1 aromatic heterocycles. The number of aliphatic hydroxyl groups excluding tert-OH is 1. The van der Waals surface area contributed by atoms with Gasteiger partial charge in [-0.2, -0.15) is 0 Å². The van der Waals surface area contributed by atoms with Crippen LogP contribution in [0.4, 0.5) is 8.78 Å². The molecule has 2 aromatic carbocycles. The largest absolute Gasteiger partial charge is 0.462 e. The zero-order valence-electron chi connectivity index (χ0n) is 12.8. The Labute approximate surface area is 141 Å². The molecule has 3 aromatic rings. The number of fused-ring (bicyclic) bond motifs is 1. The summed E-state index contributed by atoms with van der Waals surface area (Å²) >= 11 is 1.26. The van der Waals surface area contributed by atoms with Crippen LogP contribution in [0.15, 0.2) is 36.4 Å². The number of hydrogen-bond donors (Lipinski definition) is 1. The Balaban J connectivity index is 2.17. The Hall–Kier alpha value is -2.31. The monoisotopic (exact) mass is 348 g/mol. The van der Waals surface area contributed by atoms with Crippen molar-refractivity contribution in [3.63, 3.8) is 0 Å². The molecule has 3 rings (SSSR count).